The summed E-state index contributed by atoms with van der Waals surface area (Å²) in [4.78, 5) is 44.5. The molecule has 1 aromatic carbocycles. The van der Waals surface area contributed by atoms with Crippen molar-refractivity contribution in [2.75, 3.05) is 18.4 Å². The minimum atomic E-state index is -0.226. The minimum Gasteiger partial charge on any atom is -0.342 e. The number of likely N-dealkylation sites (tertiary alicyclic amines) is 1. The number of Topliss-reactive ketones (excluding diaryl/α,β-unsaturated/α-hetero) is 1. The van der Waals surface area contributed by atoms with Crippen LogP contribution in [-0.2, 0) is 11.2 Å². The number of fused-ring (bicyclic) bond motifs is 1. The molecule has 0 unspecified atom stereocenters. The Kier molecular flexibility index (Phi) is 5.66. The normalized spacial score (nSPS) is 21.8. The lowest BCUT2D eigenvalue weighted by molar-refractivity contribution is -0.134. The van der Waals surface area contributed by atoms with Crippen molar-refractivity contribution in [1.82, 2.24) is 9.88 Å². The zero-order valence-corrected chi connectivity index (χ0v) is 21.3. The van der Waals surface area contributed by atoms with Crippen LogP contribution in [0.5, 0.6) is 0 Å². The maximum absolute atomic E-state index is 13.1. The van der Waals surface area contributed by atoms with Gasteiger partial charge in [-0.1, -0.05) is 27.7 Å². The van der Waals surface area contributed by atoms with Crippen LogP contribution < -0.4 is 5.32 Å². The van der Waals surface area contributed by atoms with E-state index in [1.54, 1.807) is 6.07 Å². The number of piperidine rings is 1. The van der Waals surface area contributed by atoms with Crippen LogP contribution in [-0.4, -0.2) is 40.6 Å². The van der Waals surface area contributed by atoms with E-state index in [0.717, 1.165) is 54.9 Å². The molecule has 1 aliphatic heterocycles. The Morgan fingerprint density at radius 1 is 1.09 bits per heavy atom. The zero-order valence-electron chi connectivity index (χ0n) is 20.4. The van der Waals surface area contributed by atoms with E-state index >= 15 is 0 Å². The summed E-state index contributed by atoms with van der Waals surface area (Å²) in [7, 11) is 0. The number of aromatic nitrogens is 1. The summed E-state index contributed by atoms with van der Waals surface area (Å²) in [5, 5.41) is 5.73. The topological polar surface area (TPSA) is 79.4 Å². The Balaban J connectivity index is 1.18. The summed E-state index contributed by atoms with van der Waals surface area (Å²) in [6.07, 6.45) is 4.09. The zero-order chi connectivity index (χ0) is 24.3. The molecule has 2 heterocycles. The molecule has 1 saturated heterocycles. The number of carbonyl (C=O) groups is 3. The van der Waals surface area contributed by atoms with E-state index in [-0.39, 0.29) is 34.4 Å². The van der Waals surface area contributed by atoms with Crippen LogP contribution in [0.15, 0.2) is 23.6 Å². The monoisotopic (exact) mass is 479 g/mol. The summed E-state index contributed by atoms with van der Waals surface area (Å²) >= 11 is 1.53. The first kappa shape index (κ1) is 23.2. The minimum absolute atomic E-state index is 0.0616. The SMILES string of the molecule is CC1(C)C(C(=O)N2CCC(c3nc(C(=O)Nc4ccc5c(c4)CCCC5=O)cs3)CC2)C1(C)C. The molecule has 2 aliphatic carbocycles. The fourth-order valence-electron chi connectivity index (χ4n) is 5.84. The molecule has 34 heavy (non-hydrogen) atoms. The van der Waals surface area contributed by atoms with Gasteiger partial charge in [0.25, 0.3) is 5.91 Å². The Morgan fingerprint density at radius 3 is 2.47 bits per heavy atom. The van der Waals surface area contributed by atoms with Crippen molar-refractivity contribution < 1.29 is 14.4 Å². The molecule has 7 heteroatoms. The number of nitrogens with zero attached hydrogens (tertiary/aromatic N) is 2. The molecule has 1 aromatic heterocycles. The van der Waals surface area contributed by atoms with E-state index in [0.29, 0.717) is 23.7 Å². The van der Waals surface area contributed by atoms with Gasteiger partial charge in [0.15, 0.2) is 5.78 Å². The van der Waals surface area contributed by atoms with E-state index in [4.69, 9.17) is 0 Å². The van der Waals surface area contributed by atoms with Gasteiger partial charge in [-0.15, -0.1) is 11.3 Å². The number of nitrogens with one attached hydrogen (secondary N) is 1. The van der Waals surface area contributed by atoms with E-state index in [1.165, 1.54) is 11.3 Å². The van der Waals surface area contributed by atoms with E-state index in [2.05, 4.69) is 38.0 Å². The Labute approximate surface area is 205 Å². The number of hydrogen-bond acceptors (Lipinski definition) is 5. The third-order valence-corrected chi connectivity index (χ3v) is 9.70. The molecule has 1 N–H and O–H groups in total. The third kappa shape index (κ3) is 3.88. The van der Waals surface area contributed by atoms with Crippen LogP contribution >= 0.6 is 11.3 Å². The third-order valence-electron chi connectivity index (χ3n) is 8.69. The second-order valence-electron chi connectivity index (χ2n) is 11.1. The van der Waals surface area contributed by atoms with E-state index in [9.17, 15) is 14.4 Å². The summed E-state index contributed by atoms with van der Waals surface area (Å²) in [6.45, 7) is 10.3. The Morgan fingerprint density at radius 2 is 1.79 bits per heavy atom. The highest BCUT2D eigenvalue weighted by atomic mass is 32.1. The van der Waals surface area contributed by atoms with Crippen LogP contribution in [0.3, 0.4) is 0 Å². The van der Waals surface area contributed by atoms with Crippen molar-refractivity contribution in [3.63, 3.8) is 0 Å². The maximum atomic E-state index is 13.1. The van der Waals surface area contributed by atoms with Crippen LogP contribution in [0.1, 0.15) is 90.7 Å². The molecule has 5 rings (SSSR count). The largest absolute Gasteiger partial charge is 0.342 e. The number of amides is 2. The molecule has 0 radical (unpaired) electrons. The van der Waals surface area contributed by atoms with Gasteiger partial charge in [-0.05, 0) is 60.3 Å². The molecule has 2 aromatic rings. The molecule has 2 amide bonds. The molecule has 0 bridgehead atoms. The van der Waals surface area contributed by atoms with Crippen molar-refractivity contribution >= 4 is 34.6 Å². The predicted octanol–water partition coefficient (Wildman–Crippen LogP) is 5.30. The lowest BCUT2D eigenvalue weighted by Crippen LogP contribution is -2.39. The number of aryl methyl sites for hydroxylation is 1. The van der Waals surface area contributed by atoms with Gasteiger partial charge in [-0.2, -0.15) is 0 Å². The van der Waals surface area contributed by atoms with Crippen LogP contribution in [0.4, 0.5) is 5.69 Å². The van der Waals surface area contributed by atoms with Crippen LogP contribution in [0, 0.1) is 16.7 Å². The summed E-state index contributed by atoms with van der Waals surface area (Å²) in [6, 6.07) is 5.52. The number of ketones is 1. The standard InChI is InChI=1S/C27H33N3O3S/c1-26(2)22(27(26,3)4)25(33)30-12-10-16(11-13-30)24-29-20(15-34-24)23(32)28-18-8-9-19-17(14-18)6-5-7-21(19)31/h8-9,14-16,22H,5-7,10-13H2,1-4H3,(H,28,32). The highest BCUT2D eigenvalue weighted by Gasteiger charge is 2.68. The molecule has 180 valence electrons. The average molecular weight is 480 g/mol. The number of thiazole rings is 1. The van der Waals surface area contributed by atoms with Crippen molar-refractivity contribution in [3.05, 3.63) is 45.4 Å². The molecule has 0 spiro atoms. The summed E-state index contributed by atoms with van der Waals surface area (Å²) < 4.78 is 0. The van der Waals surface area contributed by atoms with Gasteiger partial charge >= 0.3 is 0 Å². The van der Waals surface area contributed by atoms with Crippen LogP contribution in [0.25, 0.3) is 0 Å². The van der Waals surface area contributed by atoms with Crippen LogP contribution in [0.2, 0.25) is 0 Å². The molecule has 3 aliphatic rings. The quantitative estimate of drug-likeness (QED) is 0.645. The second-order valence-corrected chi connectivity index (χ2v) is 12.0. The number of hydrogen-bond donors (Lipinski definition) is 1. The van der Waals surface area contributed by atoms with Gasteiger partial charge in [-0.25, -0.2) is 4.98 Å². The number of benzene rings is 1. The first-order chi connectivity index (χ1) is 16.1. The number of carbonyl (C=O) groups excluding carboxylic acids is 3. The highest BCUT2D eigenvalue weighted by Crippen LogP contribution is 2.68. The van der Waals surface area contributed by atoms with Gasteiger partial charge in [-0.3, -0.25) is 14.4 Å². The first-order valence-electron chi connectivity index (χ1n) is 12.3. The van der Waals surface area contributed by atoms with Crippen molar-refractivity contribution in [2.24, 2.45) is 16.7 Å². The Hall–Kier alpha value is -2.54. The second kappa shape index (κ2) is 8.29. The molecular formula is C27H33N3O3S. The summed E-state index contributed by atoms with van der Waals surface area (Å²) in [5.41, 5.74) is 3.03. The smallest absolute Gasteiger partial charge is 0.275 e. The number of anilines is 1. The van der Waals surface area contributed by atoms with Gasteiger partial charge in [0.05, 0.1) is 5.01 Å². The highest BCUT2D eigenvalue weighted by molar-refractivity contribution is 7.10. The first-order valence-corrected chi connectivity index (χ1v) is 13.2. The average Bonchev–Trinajstić information content (AvgIpc) is 3.13. The van der Waals surface area contributed by atoms with Gasteiger partial charge in [0.2, 0.25) is 5.91 Å². The maximum Gasteiger partial charge on any atom is 0.275 e. The van der Waals surface area contributed by atoms with Gasteiger partial charge in [0.1, 0.15) is 5.69 Å². The Bertz CT molecular complexity index is 1140. The lowest BCUT2D eigenvalue weighted by atomic mass is 9.90. The molecule has 0 atom stereocenters. The molecule has 6 nitrogen and oxygen atoms in total. The van der Waals surface area contributed by atoms with E-state index in [1.807, 2.05) is 22.4 Å². The molecule has 2 fully saturated rings. The summed E-state index contributed by atoms with van der Waals surface area (Å²) in [5.74, 6) is 0.634. The van der Waals surface area contributed by atoms with Crippen molar-refractivity contribution in [2.45, 2.75) is 65.7 Å². The van der Waals surface area contributed by atoms with Crippen molar-refractivity contribution in [1.29, 1.82) is 0 Å². The van der Waals surface area contributed by atoms with Gasteiger partial charge < -0.3 is 10.2 Å². The fraction of sp³-hybridized carbons (Fsp3) is 0.556. The predicted molar refractivity (Wildman–Crippen MR) is 133 cm³/mol. The van der Waals surface area contributed by atoms with Gasteiger partial charge in [0, 0.05) is 48.0 Å². The lowest BCUT2D eigenvalue weighted by Gasteiger charge is -2.31. The van der Waals surface area contributed by atoms with E-state index < -0.39 is 0 Å². The molecule has 1 saturated carbocycles. The number of rotatable bonds is 4. The molecular weight excluding hydrogens is 446 g/mol. The fourth-order valence-corrected chi connectivity index (χ4v) is 6.81. The van der Waals surface area contributed by atoms with Crippen molar-refractivity contribution in [3.8, 4) is 0 Å².